The molecule has 0 aliphatic carbocycles. The second-order valence-corrected chi connectivity index (χ2v) is 9.36. The van der Waals surface area contributed by atoms with Crippen molar-refractivity contribution in [1.82, 2.24) is 9.80 Å². The van der Waals surface area contributed by atoms with Crippen molar-refractivity contribution >= 4 is 29.0 Å². The predicted molar refractivity (Wildman–Crippen MR) is 136 cm³/mol. The first kappa shape index (κ1) is 25.2. The molecule has 0 saturated carbocycles. The Morgan fingerprint density at radius 1 is 1.03 bits per heavy atom. The minimum Gasteiger partial charge on any atom is -0.332 e. The van der Waals surface area contributed by atoms with Gasteiger partial charge in [0.15, 0.2) is 0 Å². The number of hydrogen-bond acceptors (Lipinski definition) is 3. The summed E-state index contributed by atoms with van der Waals surface area (Å²) in [6.45, 7) is 8.80. The number of nitrogens with zero attached hydrogens (tertiary/aromatic N) is 2. The maximum atomic E-state index is 13.3. The van der Waals surface area contributed by atoms with Crippen molar-refractivity contribution in [1.29, 1.82) is 0 Å². The molecule has 3 amide bonds. The molecule has 0 radical (unpaired) electrons. The van der Waals surface area contributed by atoms with E-state index in [-0.39, 0.29) is 30.8 Å². The maximum absolute atomic E-state index is 13.3. The Labute approximate surface area is 204 Å². The van der Waals surface area contributed by atoms with Crippen LogP contribution in [-0.4, -0.2) is 34.8 Å². The summed E-state index contributed by atoms with van der Waals surface area (Å²) in [5.74, 6) is -0.130. The van der Waals surface area contributed by atoms with Gasteiger partial charge in [0, 0.05) is 23.7 Å². The highest BCUT2D eigenvalue weighted by atomic mass is 32.1. The van der Waals surface area contributed by atoms with Crippen LogP contribution in [-0.2, 0) is 17.9 Å². The summed E-state index contributed by atoms with van der Waals surface area (Å²) < 4.78 is 13.3. The molecule has 5 nitrogen and oxygen atoms in total. The van der Waals surface area contributed by atoms with E-state index < -0.39 is 0 Å². The van der Waals surface area contributed by atoms with E-state index >= 15 is 0 Å². The van der Waals surface area contributed by atoms with Gasteiger partial charge in [0.2, 0.25) is 5.91 Å². The lowest BCUT2D eigenvalue weighted by Gasteiger charge is -2.27. The highest BCUT2D eigenvalue weighted by Crippen LogP contribution is 2.18. The molecule has 1 heterocycles. The van der Waals surface area contributed by atoms with E-state index in [4.69, 9.17) is 0 Å². The minimum atomic E-state index is -0.372. The number of halogens is 1. The predicted octanol–water partition coefficient (Wildman–Crippen LogP) is 6.26. The van der Waals surface area contributed by atoms with Gasteiger partial charge in [0.05, 0.1) is 6.54 Å². The summed E-state index contributed by atoms with van der Waals surface area (Å²) in [7, 11) is 0. The van der Waals surface area contributed by atoms with Crippen LogP contribution in [0.2, 0.25) is 0 Å². The first-order valence-electron chi connectivity index (χ1n) is 11.2. The molecule has 1 aromatic heterocycles. The largest absolute Gasteiger partial charge is 0.332 e. The molecule has 0 unspecified atom stereocenters. The van der Waals surface area contributed by atoms with Gasteiger partial charge in [-0.05, 0) is 52.8 Å². The van der Waals surface area contributed by atoms with E-state index in [2.05, 4.69) is 25.7 Å². The third-order valence-electron chi connectivity index (χ3n) is 5.36. The standard InChI is InChI=1S/C27H30FN3O2S/c1-4-15-30(27(33)29-24-13-9-22(10-14-24)20(2)3)19-26(32)31(18-25-6-5-16-34-25)17-21-7-11-23(28)12-8-21/h4-14,16,20H,1,15,17-19H2,2-3H3,(H,29,33). The van der Waals surface area contributed by atoms with E-state index in [1.54, 1.807) is 34.4 Å². The van der Waals surface area contributed by atoms with Crippen molar-refractivity contribution in [3.8, 4) is 0 Å². The van der Waals surface area contributed by atoms with Crippen LogP contribution in [0.5, 0.6) is 0 Å². The first-order valence-corrected chi connectivity index (χ1v) is 12.0. The van der Waals surface area contributed by atoms with Gasteiger partial charge in [-0.15, -0.1) is 17.9 Å². The van der Waals surface area contributed by atoms with Crippen LogP contribution in [0.1, 0.15) is 35.8 Å². The Kier molecular flexibility index (Phi) is 8.99. The zero-order valence-electron chi connectivity index (χ0n) is 19.5. The van der Waals surface area contributed by atoms with Gasteiger partial charge in [-0.3, -0.25) is 4.79 Å². The summed E-state index contributed by atoms with van der Waals surface area (Å²) in [5, 5.41) is 4.82. The fourth-order valence-corrected chi connectivity index (χ4v) is 4.14. The van der Waals surface area contributed by atoms with Crippen LogP contribution in [0.15, 0.2) is 78.7 Å². The number of urea groups is 1. The Morgan fingerprint density at radius 2 is 1.74 bits per heavy atom. The molecule has 0 atom stereocenters. The first-order chi connectivity index (χ1) is 16.4. The molecule has 0 spiro atoms. The third kappa shape index (κ3) is 7.28. The second kappa shape index (κ2) is 12.1. The number of rotatable bonds is 10. The van der Waals surface area contributed by atoms with Gasteiger partial charge in [0.25, 0.3) is 0 Å². The number of carbonyl (C=O) groups excluding carboxylic acids is 2. The number of thiophene rings is 1. The molecule has 3 rings (SSSR count). The second-order valence-electron chi connectivity index (χ2n) is 8.33. The Balaban J connectivity index is 1.71. The van der Waals surface area contributed by atoms with Crippen molar-refractivity contribution in [3.63, 3.8) is 0 Å². The van der Waals surface area contributed by atoms with Crippen molar-refractivity contribution in [2.24, 2.45) is 0 Å². The molecule has 2 aromatic carbocycles. The number of amides is 3. The van der Waals surface area contributed by atoms with Crippen LogP contribution in [0.3, 0.4) is 0 Å². The number of anilines is 1. The summed E-state index contributed by atoms with van der Waals surface area (Å²) >= 11 is 1.56. The van der Waals surface area contributed by atoms with Gasteiger partial charge in [-0.2, -0.15) is 0 Å². The normalized spacial score (nSPS) is 10.7. The molecule has 0 aliphatic rings. The number of hydrogen-bond donors (Lipinski definition) is 1. The Hall–Kier alpha value is -3.45. The van der Waals surface area contributed by atoms with E-state index in [1.165, 1.54) is 22.6 Å². The highest BCUT2D eigenvalue weighted by molar-refractivity contribution is 7.09. The summed E-state index contributed by atoms with van der Waals surface area (Å²) in [4.78, 5) is 30.4. The van der Waals surface area contributed by atoms with Crippen molar-refractivity contribution in [2.75, 3.05) is 18.4 Å². The molecule has 0 aliphatic heterocycles. The molecule has 0 saturated heterocycles. The molecule has 0 bridgehead atoms. The molecular weight excluding hydrogens is 449 g/mol. The fourth-order valence-electron chi connectivity index (χ4n) is 3.43. The van der Waals surface area contributed by atoms with Gasteiger partial charge in [-0.1, -0.05) is 50.3 Å². The summed E-state index contributed by atoms with van der Waals surface area (Å²) in [6, 6.07) is 17.3. The average molecular weight is 480 g/mol. The third-order valence-corrected chi connectivity index (χ3v) is 6.22. The summed E-state index contributed by atoms with van der Waals surface area (Å²) in [6.07, 6.45) is 1.60. The van der Waals surface area contributed by atoms with E-state index in [9.17, 15) is 14.0 Å². The number of nitrogens with one attached hydrogen (secondary N) is 1. The fraction of sp³-hybridized carbons (Fsp3) is 0.259. The lowest BCUT2D eigenvalue weighted by Crippen LogP contribution is -2.44. The topological polar surface area (TPSA) is 52.7 Å². The zero-order chi connectivity index (χ0) is 24.5. The Bertz CT molecular complexity index is 1080. The Morgan fingerprint density at radius 3 is 2.32 bits per heavy atom. The summed E-state index contributed by atoms with van der Waals surface area (Å²) in [5.41, 5.74) is 2.66. The molecule has 7 heteroatoms. The molecule has 1 N–H and O–H groups in total. The van der Waals surface area contributed by atoms with Crippen LogP contribution in [0.4, 0.5) is 14.9 Å². The molecule has 34 heavy (non-hydrogen) atoms. The SMILES string of the molecule is C=CCN(CC(=O)N(Cc1ccc(F)cc1)Cc1cccs1)C(=O)Nc1ccc(C(C)C)cc1. The van der Waals surface area contributed by atoms with E-state index in [0.29, 0.717) is 24.7 Å². The van der Waals surface area contributed by atoms with E-state index in [0.717, 1.165) is 10.4 Å². The van der Waals surface area contributed by atoms with Gasteiger partial charge in [0.1, 0.15) is 12.4 Å². The highest BCUT2D eigenvalue weighted by Gasteiger charge is 2.22. The molecule has 178 valence electrons. The molecule has 0 fully saturated rings. The van der Waals surface area contributed by atoms with Gasteiger partial charge in [-0.25, -0.2) is 9.18 Å². The maximum Gasteiger partial charge on any atom is 0.322 e. The lowest BCUT2D eigenvalue weighted by molar-refractivity contribution is -0.132. The quantitative estimate of drug-likeness (QED) is 0.349. The van der Waals surface area contributed by atoms with Crippen LogP contribution in [0, 0.1) is 5.82 Å². The number of benzene rings is 2. The average Bonchev–Trinajstić information content (AvgIpc) is 3.33. The van der Waals surface area contributed by atoms with Crippen LogP contribution >= 0.6 is 11.3 Å². The van der Waals surface area contributed by atoms with Crippen molar-refractivity contribution in [2.45, 2.75) is 32.9 Å². The lowest BCUT2D eigenvalue weighted by atomic mass is 10.0. The minimum absolute atomic E-state index is 0.103. The zero-order valence-corrected chi connectivity index (χ0v) is 20.4. The van der Waals surface area contributed by atoms with Crippen molar-refractivity contribution in [3.05, 3.63) is 101 Å². The molecule has 3 aromatic rings. The molecular formula is C27H30FN3O2S. The monoisotopic (exact) mass is 479 g/mol. The van der Waals surface area contributed by atoms with Gasteiger partial charge >= 0.3 is 6.03 Å². The van der Waals surface area contributed by atoms with E-state index in [1.807, 2.05) is 41.8 Å². The van der Waals surface area contributed by atoms with Crippen molar-refractivity contribution < 1.29 is 14.0 Å². The van der Waals surface area contributed by atoms with Gasteiger partial charge < -0.3 is 15.1 Å². The number of carbonyl (C=O) groups is 2. The van der Waals surface area contributed by atoms with Crippen LogP contribution < -0.4 is 5.32 Å². The smallest absolute Gasteiger partial charge is 0.322 e. The van der Waals surface area contributed by atoms with Crippen LogP contribution in [0.25, 0.3) is 0 Å².